The summed E-state index contributed by atoms with van der Waals surface area (Å²) in [4.78, 5) is 0. The van der Waals surface area contributed by atoms with Gasteiger partial charge in [0.05, 0.1) is 12.4 Å². The average molecular weight is 274 g/mol. The molecule has 2 aliphatic heterocycles. The van der Waals surface area contributed by atoms with Gasteiger partial charge in [-0.3, -0.25) is 0 Å². The molecule has 6 nitrogen and oxygen atoms in total. The Hall–Kier alpha value is -0.660. The minimum atomic E-state index is -1.27. The Balaban J connectivity index is 2.09. The first-order valence-corrected chi connectivity index (χ1v) is 6.47. The van der Waals surface area contributed by atoms with Crippen molar-refractivity contribution in [2.24, 2.45) is 0 Å². The summed E-state index contributed by atoms with van der Waals surface area (Å²) in [7, 11) is 0. The Kier molecular flexibility index (Phi) is 4.17. The van der Waals surface area contributed by atoms with Crippen LogP contribution in [0.25, 0.3) is 0 Å². The van der Waals surface area contributed by atoms with Crippen LogP contribution in [0.2, 0.25) is 0 Å². The van der Waals surface area contributed by atoms with E-state index in [9.17, 15) is 10.2 Å². The summed E-state index contributed by atoms with van der Waals surface area (Å²) < 4.78 is 22.2. The van der Waals surface area contributed by atoms with E-state index in [2.05, 4.69) is 0 Å². The standard InChI is InChI=1S/C13H22O6/c1-5-7(2)17-11-9(14)12(15)18-10(11)8-6-16-13(3,4)19-8/h5,8-12,14-15H,6H2,1-4H3/b7-5+/t8-,9-,10-,11-,12+/m1/s1. The molecule has 6 heteroatoms. The van der Waals surface area contributed by atoms with E-state index in [1.807, 2.05) is 20.8 Å². The summed E-state index contributed by atoms with van der Waals surface area (Å²) in [6, 6.07) is 0. The molecule has 0 aromatic rings. The third-order valence-electron chi connectivity index (χ3n) is 3.37. The quantitative estimate of drug-likeness (QED) is 0.731. The van der Waals surface area contributed by atoms with Gasteiger partial charge in [0.1, 0.15) is 18.3 Å². The minimum Gasteiger partial charge on any atom is -0.490 e. The molecule has 2 N–H and O–H groups in total. The van der Waals surface area contributed by atoms with Gasteiger partial charge in [-0.15, -0.1) is 0 Å². The molecule has 2 heterocycles. The summed E-state index contributed by atoms with van der Waals surface area (Å²) in [6.45, 7) is 7.57. The Morgan fingerprint density at radius 3 is 2.58 bits per heavy atom. The third-order valence-corrected chi connectivity index (χ3v) is 3.37. The summed E-state index contributed by atoms with van der Waals surface area (Å²) in [5.74, 6) is -0.0304. The van der Waals surface area contributed by atoms with Crippen LogP contribution in [0.3, 0.4) is 0 Å². The van der Waals surface area contributed by atoms with Crippen LogP contribution in [-0.4, -0.2) is 53.3 Å². The molecule has 0 unspecified atom stereocenters. The molecular weight excluding hydrogens is 252 g/mol. The lowest BCUT2D eigenvalue weighted by Gasteiger charge is -2.26. The molecular formula is C13H22O6. The van der Waals surface area contributed by atoms with Crippen molar-refractivity contribution in [2.75, 3.05) is 6.61 Å². The first-order chi connectivity index (χ1) is 8.84. The first-order valence-electron chi connectivity index (χ1n) is 6.47. The van der Waals surface area contributed by atoms with Crippen LogP contribution in [0.5, 0.6) is 0 Å². The van der Waals surface area contributed by atoms with Crippen LogP contribution in [0.4, 0.5) is 0 Å². The Bertz CT molecular complexity index is 353. The van der Waals surface area contributed by atoms with Gasteiger partial charge in [0.25, 0.3) is 0 Å². The largest absolute Gasteiger partial charge is 0.490 e. The van der Waals surface area contributed by atoms with Gasteiger partial charge in [0, 0.05) is 0 Å². The first kappa shape index (κ1) is 14.7. The molecule has 110 valence electrons. The van der Waals surface area contributed by atoms with Gasteiger partial charge < -0.3 is 29.2 Å². The average Bonchev–Trinajstić information content (AvgIpc) is 2.83. The van der Waals surface area contributed by atoms with Gasteiger partial charge in [-0.25, -0.2) is 0 Å². The van der Waals surface area contributed by atoms with Crippen LogP contribution < -0.4 is 0 Å². The molecule has 0 amide bonds. The lowest BCUT2D eigenvalue weighted by molar-refractivity contribution is -0.178. The topological polar surface area (TPSA) is 77.4 Å². The molecule has 0 aromatic heterocycles. The number of hydrogen-bond acceptors (Lipinski definition) is 6. The molecule has 2 fully saturated rings. The van der Waals surface area contributed by atoms with Crippen molar-refractivity contribution in [2.45, 2.75) is 64.2 Å². The van der Waals surface area contributed by atoms with Crippen molar-refractivity contribution < 1.29 is 29.2 Å². The molecule has 0 bridgehead atoms. The van der Waals surface area contributed by atoms with E-state index < -0.39 is 30.4 Å². The maximum absolute atomic E-state index is 9.94. The van der Waals surface area contributed by atoms with Crippen LogP contribution in [0.1, 0.15) is 27.7 Å². The number of ether oxygens (including phenoxy) is 4. The minimum absolute atomic E-state index is 0.339. The zero-order valence-corrected chi connectivity index (χ0v) is 11.7. The number of rotatable bonds is 3. The van der Waals surface area contributed by atoms with E-state index in [1.54, 1.807) is 13.0 Å². The SMILES string of the molecule is C/C=C(\C)O[C@@H]1[C@@H](O)[C@@H](O)O[C@@H]1[C@H]1COC(C)(C)O1. The van der Waals surface area contributed by atoms with Gasteiger partial charge in [0.2, 0.25) is 0 Å². The van der Waals surface area contributed by atoms with Crippen LogP contribution in [0, 0.1) is 0 Å². The van der Waals surface area contributed by atoms with Crippen LogP contribution in [-0.2, 0) is 18.9 Å². The Morgan fingerprint density at radius 2 is 2.05 bits per heavy atom. The van der Waals surface area contributed by atoms with E-state index in [4.69, 9.17) is 18.9 Å². The smallest absolute Gasteiger partial charge is 0.185 e. The molecule has 19 heavy (non-hydrogen) atoms. The van der Waals surface area contributed by atoms with E-state index in [1.165, 1.54) is 0 Å². The van der Waals surface area contributed by atoms with Crippen molar-refractivity contribution >= 4 is 0 Å². The van der Waals surface area contributed by atoms with E-state index in [0.717, 1.165) is 0 Å². The molecule has 0 radical (unpaired) electrons. The molecule has 2 saturated heterocycles. The molecule has 0 aromatic carbocycles. The van der Waals surface area contributed by atoms with Gasteiger partial charge in [-0.2, -0.15) is 0 Å². The van der Waals surface area contributed by atoms with Gasteiger partial charge in [0.15, 0.2) is 18.2 Å². The molecule has 2 aliphatic rings. The van der Waals surface area contributed by atoms with Gasteiger partial charge in [-0.1, -0.05) is 0 Å². The maximum Gasteiger partial charge on any atom is 0.185 e. The second-order valence-electron chi connectivity index (χ2n) is 5.33. The fraction of sp³-hybridized carbons (Fsp3) is 0.846. The van der Waals surface area contributed by atoms with Crippen LogP contribution >= 0.6 is 0 Å². The zero-order chi connectivity index (χ0) is 14.2. The Morgan fingerprint density at radius 1 is 1.37 bits per heavy atom. The lowest BCUT2D eigenvalue weighted by Crippen LogP contribution is -2.42. The summed E-state index contributed by atoms with van der Waals surface area (Å²) >= 11 is 0. The Labute approximate surface area is 112 Å². The predicted molar refractivity (Wildman–Crippen MR) is 66.1 cm³/mol. The van der Waals surface area contributed by atoms with E-state index >= 15 is 0 Å². The highest BCUT2D eigenvalue weighted by atomic mass is 16.8. The monoisotopic (exact) mass is 274 g/mol. The normalized spacial score (nSPS) is 42.6. The second-order valence-corrected chi connectivity index (χ2v) is 5.33. The molecule has 5 atom stereocenters. The second kappa shape index (κ2) is 5.38. The van der Waals surface area contributed by atoms with Crippen molar-refractivity contribution in [1.29, 1.82) is 0 Å². The molecule has 0 spiro atoms. The fourth-order valence-electron chi connectivity index (χ4n) is 2.27. The fourth-order valence-corrected chi connectivity index (χ4v) is 2.27. The highest BCUT2D eigenvalue weighted by molar-refractivity contribution is 4.98. The van der Waals surface area contributed by atoms with E-state index in [-0.39, 0.29) is 6.10 Å². The summed E-state index contributed by atoms with van der Waals surface area (Å²) in [6.07, 6.45) is -2.21. The number of aliphatic hydroxyl groups is 2. The van der Waals surface area contributed by atoms with Crippen LogP contribution in [0.15, 0.2) is 11.8 Å². The van der Waals surface area contributed by atoms with Crippen molar-refractivity contribution in [3.05, 3.63) is 11.8 Å². The number of hydrogen-bond donors (Lipinski definition) is 2. The van der Waals surface area contributed by atoms with Crippen molar-refractivity contribution in [3.63, 3.8) is 0 Å². The van der Waals surface area contributed by atoms with Gasteiger partial charge >= 0.3 is 0 Å². The highest BCUT2D eigenvalue weighted by Gasteiger charge is 2.52. The molecule has 0 saturated carbocycles. The highest BCUT2D eigenvalue weighted by Crippen LogP contribution is 2.33. The van der Waals surface area contributed by atoms with E-state index in [0.29, 0.717) is 12.4 Å². The van der Waals surface area contributed by atoms with Gasteiger partial charge in [-0.05, 0) is 33.8 Å². The lowest BCUT2D eigenvalue weighted by atomic mass is 10.1. The third kappa shape index (κ3) is 3.09. The maximum atomic E-state index is 9.94. The van der Waals surface area contributed by atoms with Crippen molar-refractivity contribution in [1.82, 2.24) is 0 Å². The van der Waals surface area contributed by atoms with Crippen molar-refractivity contribution in [3.8, 4) is 0 Å². The number of aliphatic hydroxyl groups excluding tert-OH is 2. The zero-order valence-electron chi connectivity index (χ0n) is 11.7. The predicted octanol–water partition coefficient (Wildman–Crippen LogP) is 0.525. The molecule has 0 aliphatic carbocycles. The number of allylic oxidation sites excluding steroid dienone is 2. The summed E-state index contributed by atoms with van der Waals surface area (Å²) in [5.41, 5.74) is 0. The molecule has 2 rings (SSSR count). The summed E-state index contributed by atoms with van der Waals surface area (Å²) in [5, 5.41) is 19.6.